The highest BCUT2D eigenvalue weighted by atomic mass is 35.5. The second-order valence-corrected chi connectivity index (χ2v) is 7.59. The minimum Gasteiger partial charge on any atom is -0.361 e. The Morgan fingerprint density at radius 1 is 1.07 bits per heavy atom. The number of benzene rings is 3. The third kappa shape index (κ3) is 3.38. The van der Waals surface area contributed by atoms with Crippen LogP contribution in [0.5, 0.6) is 0 Å². The van der Waals surface area contributed by atoms with Gasteiger partial charge in [0.1, 0.15) is 0 Å². The molecule has 0 radical (unpaired) electrons. The van der Waals surface area contributed by atoms with E-state index in [0.717, 1.165) is 38.6 Å². The van der Waals surface area contributed by atoms with Crippen molar-refractivity contribution in [2.45, 2.75) is 13.1 Å². The molecule has 5 nitrogen and oxygen atoms in total. The van der Waals surface area contributed by atoms with Crippen LogP contribution in [0, 0.1) is 11.3 Å². The van der Waals surface area contributed by atoms with E-state index in [4.69, 9.17) is 16.6 Å². The molecule has 0 aliphatic heterocycles. The van der Waals surface area contributed by atoms with Crippen LogP contribution >= 0.6 is 11.6 Å². The molecule has 0 aliphatic rings. The van der Waals surface area contributed by atoms with Crippen LogP contribution in [0.2, 0.25) is 5.02 Å². The normalized spacial score (nSPS) is 11.1. The van der Waals surface area contributed by atoms with Crippen molar-refractivity contribution in [3.05, 3.63) is 94.6 Å². The molecular formula is C24H18ClN5. The predicted octanol–water partition coefficient (Wildman–Crippen LogP) is 5.70. The molecule has 0 fully saturated rings. The fourth-order valence-electron chi connectivity index (χ4n) is 3.69. The maximum absolute atomic E-state index is 9.25. The second-order valence-electron chi connectivity index (χ2n) is 7.18. The van der Waals surface area contributed by atoms with Crippen LogP contribution in [-0.2, 0) is 13.1 Å². The van der Waals surface area contributed by atoms with Gasteiger partial charge in [0.05, 0.1) is 29.2 Å². The zero-order chi connectivity index (χ0) is 20.5. The Morgan fingerprint density at radius 3 is 2.83 bits per heavy atom. The number of aromatic nitrogens is 3. The third-order valence-electron chi connectivity index (χ3n) is 5.23. The van der Waals surface area contributed by atoms with Crippen LogP contribution < -0.4 is 5.32 Å². The number of nitrogens with zero attached hydrogens (tertiary/aromatic N) is 3. The Bertz CT molecular complexity index is 1410. The van der Waals surface area contributed by atoms with E-state index in [0.29, 0.717) is 18.7 Å². The number of H-pyrrole nitrogens is 1. The summed E-state index contributed by atoms with van der Waals surface area (Å²) in [5.41, 5.74) is 5.63. The van der Waals surface area contributed by atoms with E-state index >= 15 is 0 Å². The molecule has 0 unspecified atom stereocenters. The Hall–Kier alpha value is -3.75. The lowest BCUT2D eigenvalue weighted by molar-refractivity contribution is 0.822. The fourth-order valence-corrected chi connectivity index (χ4v) is 3.88. The first-order valence-electron chi connectivity index (χ1n) is 9.65. The SMILES string of the molecule is N#Cc1ccc2c(c1)nc(NCc1ccc3[nH]ccc3c1)n2Cc1ccccc1Cl. The molecular weight excluding hydrogens is 394 g/mol. The average Bonchev–Trinajstić information content (AvgIpc) is 3.37. The quantitative estimate of drug-likeness (QED) is 0.389. The fraction of sp³-hybridized carbons (Fsp3) is 0.0833. The molecule has 5 rings (SSSR count). The Labute approximate surface area is 178 Å². The van der Waals surface area contributed by atoms with Crippen LogP contribution in [0.15, 0.2) is 72.9 Å². The number of rotatable bonds is 5. The predicted molar refractivity (Wildman–Crippen MR) is 121 cm³/mol. The maximum atomic E-state index is 9.25. The number of imidazole rings is 1. The number of halogens is 1. The number of fused-ring (bicyclic) bond motifs is 2. The maximum Gasteiger partial charge on any atom is 0.204 e. The molecule has 3 aromatic carbocycles. The Kier molecular flexibility index (Phi) is 4.62. The first-order chi connectivity index (χ1) is 14.7. The van der Waals surface area contributed by atoms with Gasteiger partial charge in [0.15, 0.2) is 0 Å². The van der Waals surface area contributed by atoms with Gasteiger partial charge in [-0.25, -0.2) is 4.98 Å². The third-order valence-corrected chi connectivity index (χ3v) is 5.60. The topological polar surface area (TPSA) is 69.4 Å². The molecule has 0 amide bonds. The zero-order valence-electron chi connectivity index (χ0n) is 16.1. The minimum atomic E-state index is 0.585. The zero-order valence-corrected chi connectivity index (χ0v) is 16.8. The lowest BCUT2D eigenvalue weighted by Gasteiger charge is -2.12. The lowest BCUT2D eigenvalue weighted by atomic mass is 10.1. The number of nitriles is 1. The van der Waals surface area contributed by atoms with Gasteiger partial charge in [-0.2, -0.15) is 5.26 Å². The van der Waals surface area contributed by atoms with E-state index in [2.05, 4.69) is 45.2 Å². The van der Waals surface area contributed by atoms with Gasteiger partial charge in [0.2, 0.25) is 5.95 Å². The van der Waals surface area contributed by atoms with E-state index in [1.807, 2.05) is 48.7 Å². The molecule has 2 N–H and O–H groups in total. The van der Waals surface area contributed by atoms with Gasteiger partial charge in [0, 0.05) is 23.3 Å². The molecule has 0 atom stereocenters. The molecule has 30 heavy (non-hydrogen) atoms. The van der Waals surface area contributed by atoms with Crippen molar-refractivity contribution in [1.29, 1.82) is 5.26 Å². The number of hydrogen-bond donors (Lipinski definition) is 2. The van der Waals surface area contributed by atoms with Crippen molar-refractivity contribution in [2.75, 3.05) is 5.32 Å². The van der Waals surface area contributed by atoms with Crippen molar-refractivity contribution in [1.82, 2.24) is 14.5 Å². The van der Waals surface area contributed by atoms with Crippen molar-refractivity contribution < 1.29 is 0 Å². The average molecular weight is 412 g/mol. The van der Waals surface area contributed by atoms with Gasteiger partial charge in [-0.1, -0.05) is 35.9 Å². The molecule has 2 heterocycles. The van der Waals surface area contributed by atoms with Crippen LogP contribution in [0.4, 0.5) is 5.95 Å². The summed E-state index contributed by atoms with van der Waals surface area (Å²) in [5, 5.41) is 14.6. The molecule has 6 heteroatoms. The van der Waals surface area contributed by atoms with Gasteiger partial charge >= 0.3 is 0 Å². The number of hydrogen-bond acceptors (Lipinski definition) is 3. The summed E-state index contributed by atoms with van der Waals surface area (Å²) in [7, 11) is 0. The number of aromatic amines is 1. The first kappa shape index (κ1) is 18.3. The second kappa shape index (κ2) is 7.58. The van der Waals surface area contributed by atoms with E-state index in [-0.39, 0.29) is 0 Å². The molecule has 0 spiro atoms. The summed E-state index contributed by atoms with van der Waals surface area (Å²) in [6, 6.07) is 24.0. The highest BCUT2D eigenvalue weighted by Crippen LogP contribution is 2.25. The monoisotopic (exact) mass is 411 g/mol. The van der Waals surface area contributed by atoms with Crippen LogP contribution in [0.3, 0.4) is 0 Å². The van der Waals surface area contributed by atoms with Crippen LogP contribution in [-0.4, -0.2) is 14.5 Å². The molecule has 5 aromatic rings. The largest absolute Gasteiger partial charge is 0.361 e. The van der Waals surface area contributed by atoms with Crippen LogP contribution in [0.25, 0.3) is 21.9 Å². The van der Waals surface area contributed by atoms with Crippen molar-refractivity contribution in [3.63, 3.8) is 0 Å². The summed E-state index contributed by atoms with van der Waals surface area (Å²) >= 11 is 6.41. The highest BCUT2D eigenvalue weighted by Gasteiger charge is 2.13. The molecule has 146 valence electrons. The summed E-state index contributed by atoms with van der Waals surface area (Å²) in [6.07, 6.45) is 1.94. The van der Waals surface area contributed by atoms with E-state index in [1.54, 1.807) is 0 Å². The van der Waals surface area contributed by atoms with Gasteiger partial charge in [-0.05, 0) is 59.0 Å². The highest BCUT2D eigenvalue weighted by molar-refractivity contribution is 6.31. The number of anilines is 1. The molecule has 0 saturated heterocycles. The molecule has 0 saturated carbocycles. The van der Waals surface area contributed by atoms with Crippen molar-refractivity contribution in [3.8, 4) is 6.07 Å². The van der Waals surface area contributed by atoms with Gasteiger partial charge in [-0.15, -0.1) is 0 Å². The van der Waals surface area contributed by atoms with Crippen molar-refractivity contribution in [2.24, 2.45) is 0 Å². The van der Waals surface area contributed by atoms with Gasteiger partial charge < -0.3 is 14.9 Å². The van der Waals surface area contributed by atoms with Crippen molar-refractivity contribution >= 4 is 39.5 Å². The Balaban J connectivity index is 1.52. The summed E-state index contributed by atoms with van der Waals surface area (Å²) in [5.74, 6) is 0.745. The minimum absolute atomic E-state index is 0.585. The molecule has 0 bridgehead atoms. The van der Waals surface area contributed by atoms with E-state index in [1.165, 1.54) is 5.39 Å². The molecule has 0 aliphatic carbocycles. The molecule has 2 aromatic heterocycles. The summed E-state index contributed by atoms with van der Waals surface area (Å²) in [4.78, 5) is 7.98. The van der Waals surface area contributed by atoms with Crippen LogP contribution in [0.1, 0.15) is 16.7 Å². The Morgan fingerprint density at radius 2 is 1.97 bits per heavy atom. The summed E-state index contributed by atoms with van der Waals surface area (Å²) in [6.45, 7) is 1.22. The van der Waals surface area contributed by atoms with Gasteiger partial charge in [0.25, 0.3) is 0 Å². The lowest BCUT2D eigenvalue weighted by Crippen LogP contribution is -2.09. The first-order valence-corrected chi connectivity index (χ1v) is 10.0. The number of nitrogens with one attached hydrogen (secondary N) is 2. The standard InChI is InChI=1S/C24H18ClN5/c25-20-4-2-1-3-19(20)15-30-23-8-6-16(13-26)12-22(23)29-24(30)28-14-17-5-7-21-18(11-17)9-10-27-21/h1-12,27H,14-15H2,(H,28,29). The smallest absolute Gasteiger partial charge is 0.204 e. The summed E-state index contributed by atoms with van der Waals surface area (Å²) < 4.78 is 2.10. The van der Waals surface area contributed by atoms with Gasteiger partial charge in [-0.3, -0.25) is 0 Å². The van der Waals surface area contributed by atoms with E-state index < -0.39 is 0 Å². The van der Waals surface area contributed by atoms with E-state index in [9.17, 15) is 5.26 Å².